The minimum Gasteiger partial charge on any atom is -0.396 e. The molecule has 1 saturated carbocycles. The maximum Gasteiger partial charge on any atom is 0.220 e. The van der Waals surface area contributed by atoms with Crippen LogP contribution >= 0.6 is 0 Å². The van der Waals surface area contributed by atoms with Crippen molar-refractivity contribution in [3.63, 3.8) is 0 Å². The SMILES string of the molecule is CN(CCCNC(=O)CCCO)C1CCCCC1. The predicted octanol–water partition coefficient (Wildman–Crippen LogP) is 1.53. The third-order valence-electron chi connectivity index (χ3n) is 3.77. The van der Waals surface area contributed by atoms with Gasteiger partial charge in [0.2, 0.25) is 5.91 Å². The molecule has 1 amide bonds. The summed E-state index contributed by atoms with van der Waals surface area (Å²) in [7, 11) is 2.20. The largest absolute Gasteiger partial charge is 0.396 e. The van der Waals surface area contributed by atoms with E-state index in [0.717, 1.165) is 25.6 Å². The van der Waals surface area contributed by atoms with E-state index in [4.69, 9.17) is 5.11 Å². The molecular formula is C14H28N2O2. The van der Waals surface area contributed by atoms with Crippen LogP contribution in [0.3, 0.4) is 0 Å². The first-order valence-electron chi connectivity index (χ1n) is 7.32. The summed E-state index contributed by atoms with van der Waals surface area (Å²) < 4.78 is 0. The van der Waals surface area contributed by atoms with E-state index in [2.05, 4.69) is 17.3 Å². The van der Waals surface area contributed by atoms with Crippen LogP contribution in [-0.2, 0) is 4.79 Å². The first-order chi connectivity index (χ1) is 8.74. The molecule has 4 heteroatoms. The van der Waals surface area contributed by atoms with Gasteiger partial charge in [0.15, 0.2) is 0 Å². The Kier molecular flexibility index (Phi) is 8.01. The molecule has 0 heterocycles. The number of hydrogen-bond donors (Lipinski definition) is 2. The Morgan fingerprint density at radius 3 is 2.67 bits per heavy atom. The number of hydrogen-bond acceptors (Lipinski definition) is 3. The lowest BCUT2D eigenvalue weighted by Crippen LogP contribution is -2.35. The quantitative estimate of drug-likeness (QED) is 0.648. The van der Waals surface area contributed by atoms with Crippen molar-refractivity contribution in [3.05, 3.63) is 0 Å². The van der Waals surface area contributed by atoms with Crippen LogP contribution in [0.25, 0.3) is 0 Å². The summed E-state index contributed by atoms with van der Waals surface area (Å²) in [5.74, 6) is 0.0596. The first-order valence-corrected chi connectivity index (χ1v) is 7.32. The number of carbonyl (C=O) groups excluding carboxylic acids is 1. The maximum atomic E-state index is 11.3. The monoisotopic (exact) mass is 256 g/mol. The highest BCUT2D eigenvalue weighted by molar-refractivity contribution is 5.75. The number of carbonyl (C=O) groups is 1. The number of nitrogens with one attached hydrogen (secondary N) is 1. The van der Waals surface area contributed by atoms with Crippen molar-refractivity contribution in [3.8, 4) is 0 Å². The highest BCUT2D eigenvalue weighted by Crippen LogP contribution is 2.21. The summed E-state index contributed by atoms with van der Waals surface area (Å²) in [5, 5.41) is 11.5. The van der Waals surface area contributed by atoms with Gasteiger partial charge in [0.25, 0.3) is 0 Å². The lowest BCUT2D eigenvalue weighted by Gasteiger charge is -2.31. The molecule has 0 atom stereocenters. The van der Waals surface area contributed by atoms with E-state index in [1.807, 2.05) is 0 Å². The summed E-state index contributed by atoms with van der Waals surface area (Å²) in [6.07, 6.45) is 8.81. The molecule has 0 aromatic carbocycles. The van der Waals surface area contributed by atoms with Crippen LogP contribution in [0.1, 0.15) is 51.4 Å². The number of aliphatic hydroxyl groups is 1. The van der Waals surface area contributed by atoms with Gasteiger partial charge in [-0.3, -0.25) is 4.79 Å². The minimum atomic E-state index is 0.0596. The van der Waals surface area contributed by atoms with E-state index in [-0.39, 0.29) is 12.5 Å². The van der Waals surface area contributed by atoms with Crippen LogP contribution in [0.2, 0.25) is 0 Å². The smallest absolute Gasteiger partial charge is 0.220 e. The fraction of sp³-hybridized carbons (Fsp3) is 0.929. The van der Waals surface area contributed by atoms with Crippen LogP contribution in [0.4, 0.5) is 0 Å². The van der Waals surface area contributed by atoms with E-state index < -0.39 is 0 Å². The van der Waals surface area contributed by atoms with Crippen LogP contribution in [0, 0.1) is 0 Å². The molecule has 18 heavy (non-hydrogen) atoms. The lowest BCUT2D eigenvalue weighted by molar-refractivity contribution is -0.121. The zero-order valence-electron chi connectivity index (χ0n) is 11.7. The van der Waals surface area contributed by atoms with Crippen molar-refractivity contribution >= 4 is 5.91 Å². The van der Waals surface area contributed by atoms with Crippen molar-refractivity contribution in [1.82, 2.24) is 10.2 Å². The van der Waals surface area contributed by atoms with Gasteiger partial charge in [0.1, 0.15) is 0 Å². The van der Waals surface area contributed by atoms with Gasteiger partial charge in [-0.25, -0.2) is 0 Å². The van der Waals surface area contributed by atoms with Gasteiger partial charge in [-0.05, 0) is 39.3 Å². The number of nitrogens with zero attached hydrogens (tertiary/aromatic N) is 1. The molecule has 0 aromatic heterocycles. The second-order valence-electron chi connectivity index (χ2n) is 5.30. The zero-order valence-corrected chi connectivity index (χ0v) is 11.7. The third-order valence-corrected chi connectivity index (χ3v) is 3.77. The van der Waals surface area contributed by atoms with Gasteiger partial charge < -0.3 is 15.3 Å². The fourth-order valence-electron chi connectivity index (χ4n) is 2.59. The van der Waals surface area contributed by atoms with Crippen molar-refractivity contribution in [2.24, 2.45) is 0 Å². The number of rotatable bonds is 8. The molecular weight excluding hydrogens is 228 g/mol. The first kappa shape index (κ1) is 15.4. The minimum absolute atomic E-state index is 0.0596. The molecule has 0 radical (unpaired) electrons. The molecule has 0 bridgehead atoms. The maximum absolute atomic E-state index is 11.3. The van der Waals surface area contributed by atoms with E-state index >= 15 is 0 Å². The predicted molar refractivity (Wildman–Crippen MR) is 73.4 cm³/mol. The van der Waals surface area contributed by atoms with Gasteiger partial charge >= 0.3 is 0 Å². The van der Waals surface area contributed by atoms with Crippen molar-refractivity contribution in [2.75, 3.05) is 26.7 Å². The number of aliphatic hydroxyl groups excluding tert-OH is 1. The molecule has 0 aliphatic heterocycles. The van der Waals surface area contributed by atoms with Gasteiger partial charge in [-0.15, -0.1) is 0 Å². The summed E-state index contributed by atoms with van der Waals surface area (Å²) in [6.45, 7) is 1.91. The van der Waals surface area contributed by atoms with Crippen molar-refractivity contribution < 1.29 is 9.90 Å². The van der Waals surface area contributed by atoms with E-state index in [1.54, 1.807) is 0 Å². The molecule has 1 aliphatic carbocycles. The van der Waals surface area contributed by atoms with E-state index in [1.165, 1.54) is 32.1 Å². The molecule has 0 unspecified atom stereocenters. The average molecular weight is 256 g/mol. The normalized spacial score (nSPS) is 17.1. The Bertz CT molecular complexity index is 228. The Balaban J connectivity index is 2.01. The van der Waals surface area contributed by atoms with Crippen LogP contribution in [0.15, 0.2) is 0 Å². The van der Waals surface area contributed by atoms with Gasteiger partial charge in [-0.1, -0.05) is 19.3 Å². The van der Waals surface area contributed by atoms with Crippen LogP contribution < -0.4 is 5.32 Å². The van der Waals surface area contributed by atoms with Crippen LogP contribution in [-0.4, -0.2) is 48.7 Å². The molecule has 1 fully saturated rings. The lowest BCUT2D eigenvalue weighted by atomic mass is 9.94. The summed E-state index contributed by atoms with van der Waals surface area (Å²) in [6, 6.07) is 0.754. The van der Waals surface area contributed by atoms with Gasteiger partial charge in [0, 0.05) is 25.6 Å². The fourth-order valence-corrected chi connectivity index (χ4v) is 2.59. The molecule has 1 rings (SSSR count). The average Bonchev–Trinajstić information content (AvgIpc) is 2.42. The summed E-state index contributed by atoms with van der Waals surface area (Å²) in [4.78, 5) is 13.8. The molecule has 1 aliphatic rings. The Hall–Kier alpha value is -0.610. The molecule has 0 saturated heterocycles. The van der Waals surface area contributed by atoms with E-state index in [0.29, 0.717) is 12.8 Å². The van der Waals surface area contributed by atoms with Crippen molar-refractivity contribution in [1.29, 1.82) is 0 Å². The van der Waals surface area contributed by atoms with Crippen molar-refractivity contribution in [2.45, 2.75) is 57.4 Å². The standard InChI is InChI=1S/C14H28N2O2/c1-16(13-7-3-2-4-8-13)11-6-10-15-14(18)9-5-12-17/h13,17H,2-12H2,1H3,(H,15,18). The molecule has 4 nitrogen and oxygen atoms in total. The molecule has 2 N–H and O–H groups in total. The highest BCUT2D eigenvalue weighted by Gasteiger charge is 2.17. The third kappa shape index (κ3) is 6.36. The summed E-state index contributed by atoms with van der Waals surface area (Å²) >= 11 is 0. The van der Waals surface area contributed by atoms with Crippen LogP contribution in [0.5, 0.6) is 0 Å². The highest BCUT2D eigenvalue weighted by atomic mass is 16.3. The van der Waals surface area contributed by atoms with Gasteiger partial charge in [-0.2, -0.15) is 0 Å². The Morgan fingerprint density at radius 2 is 2.00 bits per heavy atom. The number of amides is 1. The molecule has 0 spiro atoms. The topological polar surface area (TPSA) is 52.6 Å². The van der Waals surface area contributed by atoms with E-state index in [9.17, 15) is 4.79 Å². The van der Waals surface area contributed by atoms with Gasteiger partial charge in [0.05, 0.1) is 0 Å². The second-order valence-corrected chi connectivity index (χ2v) is 5.30. The zero-order chi connectivity index (χ0) is 13.2. The Labute approximate surface area is 111 Å². The molecule has 0 aromatic rings. The second kappa shape index (κ2) is 9.34. The molecule has 106 valence electrons. The Morgan fingerprint density at radius 1 is 1.28 bits per heavy atom. The summed E-state index contributed by atoms with van der Waals surface area (Å²) in [5.41, 5.74) is 0.